The van der Waals surface area contributed by atoms with E-state index in [1.165, 1.54) is 0 Å². The van der Waals surface area contributed by atoms with Crippen LogP contribution in [0.3, 0.4) is 0 Å². The van der Waals surface area contributed by atoms with Crippen LogP contribution in [0.25, 0.3) is 0 Å². The summed E-state index contributed by atoms with van der Waals surface area (Å²) in [6.45, 7) is 1.91. The van der Waals surface area contributed by atoms with Crippen molar-refractivity contribution in [3.05, 3.63) is 24.3 Å². The Kier molecular flexibility index (Phi) is 9.04. The first-order chi connectivity index (χ1) is 10.6. The second-order valence-electron chi connectivity index (χ2n) is 4.79. The number of ether oxygens (including phenoxy) is 1. The standard InChI is InChI=1S/C15H22Cl2N2O3/c16-7-9-19(10-8-17)12-3-5-13(6-4-12)22-11-1-2-14(18)15(20)21/h3-6,14H,1-2,7-11,18H2,(H,20,21). The molecule has 0 radical (unpaired) electrons. The number of carboxylic acid groups (broad SMARTS) is 1. The highest BCUT2D eigenvalue weighted by Gasteiger charge is 2.10. The first-order valence-electron chi connectivity index (χ1n) is 7.16. The summed E-state index contributed by atoms with van der Waals surface area (Å²) >= 11 is 11.6. The van der Waals surface area contributed by atoms with E-state index in [0.717, 1.165) is 24.5 Å². The van der Waals surface area contributed by atoms with Crippen LogP contribution in [-0.4, -0.2) is 48.6 Å². The molecule has 1 aromatic carbocycles. The van der Waals surface area contributed by atoms with Crippen molar-refractivity contribution in [2.45, 2.75) is 18.9 Å². The molecule has 5 nitrogen and oxygen atoms in total. The molecule has 0 aliphatic carbocycles. The number of alkyl halides is 2. The maximum Gasteiger partial charge on any atom is 0.320 e. The number of nitrogens with zero attached hydrogens (tertiary/aromatic N) is 1. The molecule has 0 aliphatic rings. The number of halogens is 2. The number of hydrogen-bond acceptors (Lipinski definition) is 4. The van der Waals surface area contributed by atoms with E-state index in [0.29, 0.717) is 31.2 Å². The summed E-state index contributed by atoms with van der Waals surface area (Å²) in [5, 5.41) is 8.68. The van der Waals surface area contributed by atoms with Crippen LogP contribution in [0.5, 0.6) is 5.75 Å². The lowest BCUT2D eigenvalue weighted by molar-refractivity contribution is -0.138. The fraction of sp³-hybridized carbons (Fsp3) is 0.533. The molecule has 0 bridgehead atoms. The Bertz CT molecular complexity index is 437. The minimum absolute atomic E-state index is 0.395. The van der Waals surface area contributed by atoms with Gasteiger partial charge in [0.15, 0.2) is 0 Å². The summed E-state index contributed by atoms with van der Waals surface area (Å²) < 4.78 is 5.57. The zero-order chi connectivity index (χ0) is 16.4. The lowest BCUT2D eigenvalue weighted by atomic mass is 10.2. The average Bonchev–Trinajstić information content (AvgIpc) is 2.51. The molecule has 124 valence electrons. The Morgan fingerprint density at radius 2 is 1.82 bits per heavy atom. The van der Waals surface area contributed by atoms with Gasteiger partial charge in [-0.15, -0.1) is 23.2 Å². The van der Waals surface area contributed by atoms with Crippen molar-refractivity contribution in [1.29, 1.82) is 0 Å². The first kappa shape index (κ1) is 18.9. The van der Waals surface area contributed by atoms with Crippen LogP contribution < -0.4 is 15.4 Å². The number of aliphatic carboxylic acids is 1. The van der Waals surface area contributed by atoms with Crippen molar-refractivity contribution < 1.29 is 14.6 Å². The summed E-state index contributed by atoms with van der Waals surface area (Å²) in [7, 11) is 0. The normalized spacial score (nSPS) is 12.0. The predicted molar refractivity (Wildman–Crippen MR) is 90.4 cm³/mol. The number of hydrogen-bond donors (Lipinski definition) is 2. The van der Waals surface area contributed by atoms with Gasteiger partial charge in [0.1, 0.15) is 11.8 Å². The molecular weight excluding hydrogens is 327 g/mol. The Morgan fingerprint density at radius 3 is 2.32 bits per heavy atom. The van der Waals surface area contributed by atoms with Crippen molar-refractivity contribution in [2.24, 2.45) is 5.73 Å². The largest absolute Gasteiger partial charge is 0.494 e. The zero-order valence-corrected chi connectivity index (χ0v) is 13.9. The molecule has 0 aliphatic heterocycles. The zero-order valence-electron chi connectivity index (χ0n) is 12.4. The van der Waals surface area contributed by atoms with E-state index in [4.69, 9.17) is 38.8 Å². The van der Waals surface area contributed by atoms with Crippen LogP contribution in [0.15, 0.2) is 24.3 Å². The quantitative estimate of drug-likeness (QED) is 0.474. The van der Waals surface area contributed by atoms with E-state index in [1.54, 1.807) is 0 Å². The van der Waals surface area contributed by atoms with Crippen LogP contribution in [0, 0.1) is 0 Å². The average molecular weight is 349 g/mol. The van der Waals surface area contributed by atoms with E-state index in [2.05, 4.69) is 4.90 Å². The van der Waals surface area contributed by atoms with Crippen LogP contribution in [0.2, 0.25) is 0 Å². The fourth-order valence-corrected chi connectivity index (χ4v) is 2.35. The number of anilines is 1. The Hall–Kier alpha value is -1.17. The molecule has 3 N–H and O–H groups in total. The van der Waals surface area contributed by atoms with Gasteiger partial charge < -0.3 is 20.5 Å². The van der Waals surface area contributed by atoms with Crippen molar-refractivity contribution >= 4 is 34.9 Å². The van der Waals surface area contributed by atoms with Crippen LogP contribution >= 0.6 is 23.2 Å². The molecule has 22 heavy (non-hydrogen) atoms. The van der Waals surface area contributed by atoms with Crippen molar-refractivity contribution in [2.75, 3.05) is 36.4 Å². The van der Waals surface area contributed by atoms with Gasteiger partial charge in [-0.25, -0.2) is 0 Å². The van der Waals surface area contributed by atoms with Crippen LogP contribution in [0.1, 0.15) is 12.8 Å². The summed E-state index contributed by atoms with van der Waals surface area (Å²) in [6, 6.07) is 6.84. The van der Waals surface area contributed by atoms with Gasteiger partial charge >= 0.3 is 5.97 Å². The molecule has 0 saturated heterocycles. The minimum Gasteiger partial charge on any atom is -0.494 e. The molecule has 1 atom stereocenters. The van der Waals surface area contributed by atoms with E-state index in [9.17, 15) is 4.79 Å². The number of carbonyl (C=O) groups is 1. The maximum absolute atomic E-state index is 10.6. The van der Waals surface area contributed by atoms with Gasteiger partial charge in [-0.05, 0) is 37.1 Å². The number of nitrogens with two attached hydrogens (primary N) is 1. The molecule has 1 unspecified atom stereocenters. The first-order valence-corrected chi connectivity index (χ1v) is 8.23. The SMILES string of the molecule is NC(CCCOc1ccc(N(CCCl)CCCl)cc1)C(=O)O. The maximum atomic E-state index is 10.6. The highest BCUT2D eigenvalue weighted by atomic mass is 35.5. The van der Waals surface area contributed by atoms with Gasteiger partial charge in [0.25, 0.3) is 0 Å². The van der Waals surface area contributed by atoms with Gasteiger partial charge in [0, 0.05) is 30.5 Å². The summed E-state index contributed by atoms with van der Waals surface area (Å²) in [6.07, 6.45) is 0.993. The monoisotopic (exact) mass is 348 g/mol. The molecule has 0 aromatic heterocycles. The molecule has 0 heterocycles. The van der Waals surface area contributed by atoms with Gasteiger partial charge in [0.05, 0.1) is 6.61 Å². The third-order valence-corrected chi connectivity index (χ3v) is 3.49. The van der Waals surface area contributed by atoms with Gasteiger partial charge in [-0.1, -0.05) is 0 Å². The smallest absolute Gasteiger partial charge is 0.320 e. The van der Waals surface area contributed by atoms with Crippen LogP contribution in [-0.2, 0) is 4.79 Å². The Morgan fingerprint density at radius 1 is 1.23 bits per heavy atom. The summed E-state index contributed by atoms with van der Waals surface area (Å²) in [5.74, 6) is 0.838. The lowest BCUT2D eigenvalue weighted by Gasteiger charge is -2.23. The summed E-state index contributed by atoms with van der Waals surface area (Å²) in [4.78, 5) is 12.7. The second-order valence-corrected chi connectivity index (χ2v) is 5.55. The topological polar surface area (TPSA) is 75.8 Å². The van der Waals surface area contributed by atoms with E-state index >= 15 is 0 Å². The predicted octanol–water partition coefficient (Wildman–Crippen LogP) is 2.54. The molecule has 0 fully saturated rings. The molecule has 0 amide bonds. The molecule has 7 heteroatoms. The van der Waals surface area contributed by atoms with Gasteiger partial charge in [-0.3, -0.25) is 4.79 Å². The van der Waals surface area contributed by atoms with E-state index in [-0.39, 0.29) is 0 Å². The Labute approximate surface area is 140 Å². The van der Waals surface area contributed by atoms with Crippen molar-refractivity contribution in [3.8, 4) is 5.75 Å². The van der Waals surface area contributed by atoms with Crippen LogP contribution in [0.4, 0.5) is 5.69 Å². The summed E-state index contributed by atoms with van der Waals surface area (Å²) in [5.41, 5.74) is 6.47. The molecular formula is C15H22Cl2N2O3. The molecule has 1 aromatic rings. The second kappa shape index (κ2) is 10.5. The number of carboxylic acids is 1. The molecule has 0 spiro atoms. The Balaban J connectivity index is 2.42. The van der Waals surface area contributed by atoms with Crippen molar-refractivity contribution in [3.63, 3.8) is 0 Å². The van der Waals surface area contributed by atoms with E-state index in [1.807, 2.05) is 24.3 Å². The minimum atomic E-state index is -0.983. The number of benzene rings is 1. The van der Waals surface area contributed by atoms with Gasteiger partial charge in [-0.2, -0.15) is 0 Å². The fourth-order valence-electron chi connectivity index (χ4n) is 1.94. The number of rotatable bonds is 11. The molecule has 0 saturated carbocycles. The van der Waals surface area contributed by atoms with Gasteiger partial charge in [0.2, 0.25) is 0 Å². The third-order valence-electron chi connectivity index (χ3n) is 3.16. The van der Waals surface area contributed by atoms with Crippen molar-refractivity contribution in [1.82, 2.24) is 0 Å². The van der Waals surface area contributed by atoms with E-state index < -0.39 is 12.0 Å². The highest BCUT2D eigenvalue weighted by molar-refractivity contribution is 6.18. The lowest BCUT2D eigenvalue weighted by Crippen LogP contribution is -2.30. The highest BCUT2D eigenvalue weighted by Crippen LogP contribution is 2.20. The third kappa shape index (κ3) is 6.73. The molecule has 1 rings (SSSR count).